The van der Waals surface area contributed by atoms with Gasteiger partial charge in [-0.05, 0) is 12.1 Å². The molecule has 0 aliphatic carbocycles. The van der Waals surface area contributed by atoms with Crippen molar-refractivity contribution in [1.82, 2.24) is 9.55 Å². The second-order valence-corrected chi connectivity index (χ2v) is 8.05. The van der Waals surface area contributed by atoms with E-state index in [0.717, 1.165) is 7.11 Å². The first-order chi connectivity index (χ1) is 13.5. The molecule has 1 atom stereocenters. The molecule has 0 aliphatic heterocycles. The number of pyridine rings is 1. The summed E-state index contributed by atoms with van der Waals surface area (Å²) < 4.78 is 36.3. The van der Waals surface area contributed by atoms with Crippen LogP contribution in [0, 0.1) is 17.0 Å². The van der Waals surface area contributed by atoms with Gasteiger partial charge < -0.3 is 20.1 Å². The van der Waals surface area contributed by atoms with Crippen LogP contribution in [-0.4, -0.2) is 27.7 Å². The first-order valence-corrected chi connectivity index (χ1v) is 9.07. The summed E-state index contributed by atoms with van der Waals surface area (Å²) in [6.45, 7) is 5.40. The van der Waals surface area contributed by atoms with Gasteiger partial charge in [0.2, 0.25) is 0 Å². The maximum absolute atomic E-state index is 15.5. The lowest BCUT2D eigenvalue weighted by Crippen LogP contribution is -2.23. The summed E-state index contributed by atoms with van der Waals surface area (Å²) in [5.74, 6) is -2.81. The fraction of sp³-hybridized carbons (Fsp3) is 0.300. The maximum Gasteiger partial charge on any atom is 0.358 e. The van der Waals surface area contributed by atoms with Gasteiger partial charge >= 0.3 is 5.97 Å². The van der Waals surface area contributed by atoms with Crippen molar-refractivity contribution in [3.63, 3.8) is 0 Å². The van der Waals surface area contributed by atoms with E-state index in [-0.39, 0.29) is 11.1 Å². The molecule has 29 heavy (non-hydrogen) atoms. The second kappa shape index (κ2) is 7.27. The van der Waals surface area contributed by atoms with E-state index in [1.807, 2.05) is 0 Å². The molecule has 0 saturated carbocycles. The van der Waals surface area contributed by atoms with Gasteiger partial charge in [0.05, 0.1) is 23.3 Å². The first-order valence-electron chi connectivity index (χ1n) is 8.69. The fourth-order valence-electron chi connectivity index (χ4n) is 2.99. The number of hydrogen-bond donors (Lipinski definition) is 2. The highest BCUT2D eigenvalue weighted by molar-refractivity contribution is 6.35. The summed E-state index contributed by atoms with van der Waals surface area (Å²) in [6.07, 6.45) is 0.510. The molecule has 0 aliphatic rings. The Hall–Kier alpha value is -2.71. The van der Waals surface area contributed by atoms with Gasteiger partial charge in [0, 0.05) is 22.6 Å². The standard InChI is InChI=1S/C20H20ClF2N3O3/c1-20(2,3)19(28)26-8-7-9-5-6-10(12(22)17(9)26)15-13(23)14(24)11(21)16(25-15)18(27)29-4/h5-8,19,28H,1-4H3,(H2,24,25). The predicted molar refractivity (Wildman–Crippen MR) is 107 cm³/mol. The molecular formula is C20H20ClF2N3O3. The normalized spacial score (nSPS) is 13.0. The van der Waals surface area contributed by atoms with Crippen LogP contribution in [0.5, 0.6) is 0 Å². The van der Waals surface area contributed by atoms with Gasteiger partial charge in [0.1, 0.15) is 11.9 Å². The topological polar surface area (TPSA) is 90.4 Å². The highest BCUT2D eigenvalue weighted by Gasteiger charge is 2.28. The molecule has 0 amide bonds. The molecule has 3 rings (SSSR count). The number of aliphatic hydroxyl groups is 1. The van der Waals surface area contributed by atoms with Crippen LogP contribution >= 0.6 is 11.6 Å². The van der Waals surface area contributed by atoms with E-state index >= 15 is 4.39 Å². The molecule has 3 aromatic rings. The Kier molecular flexibility index (Phi) is 5.27. The van der Waals surface area contributed by atoms with Crippen LogP contribution in [0.4, 0.5) is 14.5 Å². The molecule has 0 saturated heterocycles. The Morgan fingerprint density at radius 3 is 2.52 bits per heavy atom. The lowest BCUT2D eigenvalue weighted by atomic mass is 9.94. The predicted octanol–water partition coefficient (Wildman–Crippen LogP) is 4.54. The summed E-state index contributed by atoms with van der Waals surface area (Å²) in [4.78, 5) is 15.8. The number of nitrogen functional groups attached to an aromatic ring is 1. The molecule has 154 valence electrons. The third-order valence-corrected chi connectivity index (χ3v) is 4.99. The minimum atomic E-state index is -1.06. The van der Waals surface area contributed by atoms with Crippen LogP contribution in [0.2, 0.25) is 5.02 Å². The summed E-state index contributed by atoms with van der Waals surface area (Å²) in [5.41, 5.74) is 3.48. The number of nitrogens with zero attached hydrogens (tertiary/aromatic N) is 2. The zero-order chi connectivity index (χ0) is 21.7. The number of carbonyl (C=O) groups is 1. The lowest BCUT2D eigenvalue weighted by molar-refractivity contribution is 0.00330. The molecule has 9 heteroatoms. The molecule has 0 radical (unpaired) electrons. The molecule has 0 fully saturated rings. The Bertz CT molecular complexity index is 1120. The van der Waals surface area contributed by atoms with Crippen molar-refractivity contribution >= 4 is 34.2 Å². The van der Waals surface area contributed by atoms with Gasteiger partial charge in [-0.25, -0.2) is 18.6 Å². The fourth-order valence-corrected chi connectivity index (χ4v) is 3.19. The largest absolute Gasteiger partial charge is 0.464 e. The number of nitrogens with two attached hydrogens (primary N) is 1. The number of anilines is 1. The highest BCUT2D eigenvalue weighted by Crippen LogP contribution is 2.38. The lowest BCUT2D eigenvalue weighted by Gasteiger charge is -2.28. The van der Waals surface area contributed by atoms with E-state index in [9.17, 15) is 14.3 Å². The average Bonchev–Trinajstić information content (AvgIpc) is 3.10. The SMILES string of the molecule is COC(=O)c1nc(-c2ccc3ccn(C(O)C(C)(C)C)c3c2F)c(F)c(N)c1Cl. The summed E-state index contributed by atoms with van der Waals surface area (Å²) in [7, 11) is 1.10. The van der Waals surface area contributed by atoms with Gasteiger partial charge in [0.15, 0.2) is 17.3 Å². The summed E-state index contributed by atoms with van der Waals surface area (Å²) in [6, 6.07) is 4.52. The maximum atomic E-state index is 15.5. The molecule has 6 nitrogen and oxygen atoms in total. The Morgan fingerprint density at radius 1 is 1.28 bits per heavy atom. The van der Waals surface area contributed by atoms with E-state index in [1.165, 1.54) is 10.6 Å². The average molecular weight is 424 g/mol. The van der Waals surface area contributed by atoms with Crippen LogP contribution < -0.4 is 5.73 Å². The number of hydrogen-bond acceptors (Lipinski definition) is 5. The van der Waals surface area contributed by atoms with Gasteiger partial charge in [0.25, 0.3) is 0 Å². The Labute approximate surface area is 170 Å². The third kappa shape index (κ3) is 3.42. The van der Waals surface area contributed by atoms with Crippen molar-refractivity contribution < 1.29 is 23.4 Å². The van der Waals surface area contributed by atoms with Crippen molar-refractivity contribution in [3.8, 4) is 11.3 Å². The zero-order valence-corrected chi connectivity index (χ0v) is 17.0. The van der Waals surface area contributed by atoms with Crippen molar-refractivity contribution in [2.24, 2.45) is 5.41 Å². The Morgan fingerprint density at radius 2 is 1.93 bits per heavy atom. The minimum absolute atomic E-state index is 0.0688. The second-order valence-electron chi connectivity index (χ2n) is 7.67. The monoisotopic (exact) mass is 423 g/mol. The van der Waals surface area contributed by atoms with Crippen molar-refractivity contribution in [2.75, 3.05) is 12.8 Å². The van der Waals surface area contributed by atoms with Crippen LogP contribution in [-0.2, 0) is 4.74 Å². The van der Waals surface area contributed by atoms with Crippen molar-refractivity contribution in [3.05, 3.63) is 46.7 Å². The molecule has 1 aromatic carbocycles. The van der Waals surface area contributed by atoms with Crippen molar-refractivity contribution in [2.45, 2.75) is 27.0 Å². The third-order valence-electron chi connectivity index (χ3n) is 4.60. The number of aromatic nitrogens is 2. The molecule has 0 bridgehead atoms. The number of rotatable bonds is 3. The van der Waals surface area contributed by atoms with Crippen LogP contribution in [0.25, 0.3) is 22.2 Å². The van der Waals surface area contributed by atoms with Crippen LogP contribution in [0.1, 0.15) is 37.5 Å². The smallest absolute Gasteiger partial charge is 0.358 e. The van der Waals surface area contributed by atoms with E-state index in [2.05, 4.69) is 9.72 Å². The van der Waals surface area contributed by atoms with Gasteiger partial charge in [-0.1, -0.05) is 38.4 Å². The number of aliphatic hydroxyl groups excluding tert-OH is 1. The summed E-state index contributed by atoms with van der Waals surface area (Å²) in [5, 5.41) is 10.7. The molecule has 2 heterocycles. The minimum Gasteiger partial charge on any atom is -0.464 e. The highest BCUT2D eigenvalue weighted by atomic mass is 35.5. The van der Waals surface area contributed by atoms with E-state index in [0.29, 0.717) is 5.39 Å². The van der Waals surface area contributed by atoms with E-state index < -0.39 is 51.3 Å². The van der Waals surface area contributed by atoms with Crippen molar-refractivity contribution in [1.29, 1.82) is 0 Å². The van der Waals surface area contributed by atoms with Crippen LogP contribution in [0.3, 0.4) is 0 Å². The number of fused-ring (bicyclic) bond motifs is 1. The number of ether oxygens (including phenoxy) is 1. The molecule has 1 unspecified atom stereocenters. The zero-order valence-electron chi connectivity index (χ0n) is 16.3. The Balaban J connectivity index is 2.31. The number of carbonyl (C=O) groups excluding carboxylic acids is 1. The molecule has 0 spiro atoms. The van der Waals surface area contributed by atoms with E-state index in [1.54, 1.807) is 39.1 Å². The summed E-state index contributed by atoms with van der Waals surface area (Å²) >= 11 is 5.91. The number of benzene rings is 1. The quantitative estimate of drug-likeness (QED) is 0.603. The van der Waals surface area contributed by atoms with Gasteiger partial charge in [-0.3, -0.25) is 0 Å². The van der Waals surface area contributed by atoms with E-state index in [4.69, 9.17) is 17.3 Å². The first kappa shape index (κ1) is 21.0. The molecule has 2 aromatic heterocycles. The van der Waals surface area contributed by atoms with Crippen LogP contribution in [0.15, 0.2) is 24.4 Å². The van der Waals surface area contributed by atoms with Gasteiger partial charge in [-0.15, -0.1) is 0 Å². The molecular weight excluding hydrogens is 404 g/mol. The van der Waals surface area contributed by atoms with Gasteiger partial charge in [-0.2, -0.15) is 0 Å². The number of halogens is 3. The number of esters is 1. The number of methoxy groups -OCH3 is 1. The molecule has 3 N–H and O–H groups in total.